The van der Waals surface area contributed by atoms with Crippen molar-refractivity contribution in [2.24, 2.45) is 11.3 Å². The normalized spacial score (nSPS) is 16.9. The van der Waals surface area contributed by atoms with Gasteiger partial charge < -0.3 is 0 Å². The van der Waals surface area contributed by atoms with E-state index in [-0.39, 0.29) is 18.8 Å². The van der Waals surface area contributed by atoms with Gasteiger partial charge in [0.2, 0.25) is 0 Å². The first-order valence-corrected chi connectivity index (χ1v) is 7.60. The van der Waals surface area contributed by atoms with E-state index in [9.17, 15) is 19.2 Å². The zero-order chi connectivity index (χ0) is 17.0. The molecule has 1 aromatic rings. The van der Waals surface area contributed by atoms with Gasteiger partial charge in [0, 0.05) is 6.42 Å². The summed E-state index contributed by atoms with van der Waals surface area (Å²) in [7, 11) is 0. The number of carbonyl (C=O) groups excluding carboxylic acids is 4. The zero-order valence-corrected chi connectivity index (χ0v) is 13.2. The number of imide groups is 2. The van der Waals surface area contributed by atoms with Crippen molar-refractivity contribution in [3.05, 3.63) is 35.9 Å². The lowest BCUT2D eigenvalue weighted by atomic mass is 9.73. The molecule has 0 unspecified atom stereocenters. The van der Waals surface area contributed by atoms with Gasteiger partial charge in [0.15, 0.2) is 11.2 Å². The standard InChI is InChI=1S/C17H20N2O4/c1-11(2)8-9-17(14(21)18-16(23)19-15(17)22)13(20)10-12-6-4-3-5-7-12/h3-7,11H,8-10H2,1-2H3,(H2,18,19,21,22,23). The quantitative estimate of drug-likeness (QED) is 0.780. The number of barbiturate groups is 1. The highest BCUT2D eigenvalue weighted by molar-refractivity contribution is 6.30. The van der Waals surface area contributed by atoms with Crippen LogP contribution in [0.5, 0.6) is 0 Å². The van der Waals surface area contributed by atoms with Gasteiger partial charge in [-0.05, 0) is 24.3 Å². The third-order valence-corrected chi connectivity index (χ3v) is 4.01. The molecule has 0 saturated carbocycles. The van der Waals surface area contributed by atoms with E-state index in [1.165, 1.54) is 0 Å². The van der Waals surface area contributed by atoms with E-state index < -0.39 is 29.0 Å². The maximum absolute atomic E-state index is 12.8. The van der Waals surface area contributed by atoms with Gasteiger partial charge in [-0.25, -0.2) is 4.79 Å². The molecule has 1 aliphatic rings. The molecule has 1 saturated heterocycles. The van der Waals surface area contributed by atoms with Crippen LogP contribution in [0, 0.1) is 11.3 Å². The number of rotatable bonds is 6. The summed E-state index contributed by atoms with van der Waals surface area (Å²) in [4.78, 5) is 48.8. The molecule has 0 bridgehead atoms. The van der Waals surface area contributed by atoms with Gasteiger partial charge in [-0.2, -0.15) is 0 Å². The fourth-order valence-corrected chi connectivity index (χ4v) is 2.61. The van der Waals surface area contributed by atoms with Crippen molar-refractivity contribution in [3.8, 4) is 0 Å². The Morgan fingerprint density at radius 3 is 2.13 bits per heavy atom. The molecular weight excluding hydrogens is 296 g/mol. The number of benzene rings is 1. The molecule has 0 aliphatic carbocycles. The Morgan fingerprint density at radius 2 is 1.61 bits per heavy atom. The molecule has 122 valence electrons. The fraction of sp³-hybridized carbons (Fsp3) is 0.412. The predicted molar refractivity (Wildman–Crippen MR) is 83.3 cm³/mol. The lowest BCUT2D eigenvalue weighted by molar-refractivity contribution is -0.152. The first-order valence-electron chi connectivity index (χ1n) is 7.60. The maximum Gasteiger partial charge on any atom is 0.328 e. The van der Waals surface area contributed by atoms with Gasteiger partial charge in [-0.15, -0.1) is 0 Å². The first-order chi connectivity index (χ1) is 10.9. The van der Waals surface area contributed by atoms with Gasteiger partial charge in [-0.1, -0.05) is 44.2 Å². The Morgan fingerprint density at radius 1 is 1.04 bits per heavy atom. The minimum Gasteiger partial charge on any atom is -0.298 e. The summed E-state index contributed by atoms with van der Waals surface area (Å²) in [6.45, 7) is 3.89. The number of nitrogens with one attached hydrogen (secondary N) is 2. The molecule has 6 nitrogen and oxygen atoms in total. The molecule has 4 amide bonds. The fourth-order valence-electron chi connectivity index (χ4n) is 2.61. The maximum atomic E-state index is 12.8. The Kier molecular flexibility index (Phi) is 4.93. The van der Waals surface area contributed by atoms with Gasteiger partial charge >= 0.3 is 6.03 Å². The molecule has 1 heterocycles. The summed E-state index contributed by atoms with van der Waals surface area (Å²) >= 11 is 0. The zero-order valence-electron chi connectivity index (χ0n) is 13.2. The van der Waals surface area contributed by atoms with E-state index in [2.05, 4.69) is 10.6 Å². The molecule has 0 atom stereocenters. The average molecular weight is 316 g/mol. The van der Waals surface area contributed by atoms with E-state index in [4.69, 9.17) is 0 Å². The average Bonchev–Trinajstić information content (AvgIpc) is 2.47. The van der Waals surface area contributed by atoms with Crippen LogP contribution in [-0.2, 0) is 20.8 Å². The highest BCUT2D eigenvalue weighted by Gasteiger charge is 2.55. The van der Waals surface area contributed by atoms with Crippen molar-refractivity contribution in [1.82, 2.24) is 10.6 Å². The van der Waals surface area contributed by atoms with Gasteiger partial charge in [0.05, 0.1) is 0 Å². The van der Waals surface area contributed by atoms with Gasteiger partial charge in [0.25, 0.3) is 11.8 Å². The summed E-state index contributed by atoms with van der Waals surface area (Å²) in [5, 5.41) is 4.12. The van der Waals surface area contributed by atoms with Crippen molar-refractivity contribution >= 4 is 23.6 Å². The van der Waals surface area contributed by atoms with Crippen molar-refractivity contribution < 1.29 is 19.2 Å². The third kappa shape index (κ3) is 3.47. The number of hydrogen-bond donors (Lipinski definition) is 2. The second-order valence-electron chi connectivity index (χ2n) is 6.16. The number of amides is 4. The van der Waals surface area contributed by atoms with E-state index >= 15 is 0 Å². The van der Waals surface area contributed by atoms with Crippen LogP contribution in [0.25, 0.3) is 0 Å². The molecule has 23 heavy (non-hydrogen) atoms. The molecule has 1 aromatic carbocycles. The molecule has 1 aliphatic heterocycles. The SMILES string of the molecule is CC(C)CCC1(C(=O)Cc2ccccc2)C(=O)NC(=O)NC1=O. The number of ketones is 1. The highest BCUT2D eigenvalue weighted by atomic mass is 16.2. The summed E-state index contributed by atoms with van der Waals surface area (Å²) in [6, 6.07) is 8.03. The van der Waals surface area contributed by atoms with Crippen LogP contribution in [-0.4, -0.2) is 23.6 Å². The minimum absolute atomic E-state index is 0.0338. The van der Waals surface area contributed by atoms with Crippen LogP contribution in [0.1, 0.15) is 32.3 Å². The van der Waals surface area contributed by atoms with Crippen LogP contribution >= 0.6 is 0 Å². The monoisotopic (exact) mass is 316 g/mol. The molecule has 2 rings (SSSR count). The summed E-state index contributed by atoms with van der Waals surface area (Å²) < 4.78 is 0. The Hall–Kier alpha value is -2.50. The number of carbonyl (C=O) groups is 4. The molecule has 2 N–H and O–H groups in total. The third-order valence-electron chi connectivity index (χ3n) is 4.01. The van der Waals surface area contributed by atoms with Crippen LogP contribution in [0.2, 0.25) is 0 Å². The van der Waals surface area contributed by atoms with Gasteiger partial charge in [0.1, 0.15) is 0 Å². The van der Waals surface area contributed by atoms with E-state index in [1.54, 1.807) is 24.3 Å². The first kappa shape index (κ1) is 16.9. The number of Topliss-reactive ketones (excluding diaryl/α,β-unsaturated/α-hetero) is 1. The predicted octanol–water partition coefficient (Wildman–Crippen LogP) is 1.59. The van der Waals surface area contributed by atoms with E-state index in [0.717, 1.165) is 5.56 Å². The highest BCUT2D eigenvalue weighted by Crippen LogP contribution is 2.31. The van der Waals surface area contributed by atoms with E-state index in [0.29, 0.717) is 6.42 Å². The van der Waals surface area contributed by atoms with Crippen molar-refractivity contribution in [2.45, 2.75) is 33.1 Å². The molecular formula is C17H20N2O4. The van der Waals surface area contributed by atoms with Crippen molar-refractivity contribution in [3.63, 3.8) is 0 Å². The Bertz CT molecular complexity index is 617. The molecule has 0 radical (unpaired) electrons. The molecule has 0 spiro atoms. The summed E-state index contributed by atoms with van der Waals surface area (Å²) in [6.07, 6.45) is 0.574. The van der Waals surface area contributed by atoms with Crippen LogP contribution in [0.4, 0.5) is 4.79 Å². The second-order valence-corrected chi connectivity index (χ2v) is 6.16. The van der Waals surface area contributed by atoms with Crippen LogP contribution < -0.4 is 10.6 Å². The summed E-state index contributed by atoms with van der Waals surface area (Å²) in [5.41, 5.74) is -1.12. The smallest absolute Gasteiger partial charge is 0.298 e. The van der Waals surface area contributed by atoms with Crippen molar-refractivity contribution in [2.75, 3.05) is 0 Å². The van der Waals surface area contributed by atoms with Crippen molar-refractivity contribution in [1.29, 1.82) is 0 Å². The van der Waals surface area contributed by atoms with Gasteiger partial charge in [-0.3, -0.25) is 25.0 Å². The Balaban J connectivity index is 2.33. The lowest BCUT2D eigenvalue weighted by Gasteiger charge is -2.33. The molecule has 0 aromatic heterocycles. The van der Waals surface area contributed by atoms with E-state index in [1.807, 2.05) is 19.9 Å². The summed E-state index contributed by atoms with van der Waals surface area (Å²) in [5.74, 6) is -1.93. The molecule has 1 fully saturated rings. The molecule has 6 heteroatoms. The topological polar surface area (TPSA) is 92.3 Å². The Labute approximate surface area is 134 Å². The lowest BCUT2D eigenvalue weighted by Crippen LogP contribution is -2.65. The van der Waals surface area contributed by atoms with Crippen LogP contribution in [0.3, 0.4) is 0 Å². The second kappa shape index (κ2) is 6.73. The number of hydrogen-bond acceptors (Lipinski definition) is 4. The minimum atomic E-state index is -1.84. The van der Waals surface area contributed by atoms with Crippen LogP contribution in [0.15, 0.2) is 30.3 Å². The number of urea groups is 1. The largest absolute Gasteiger partial charge is 0.328 e.